The molecule has 2 amide bonds. The van der Waals surface area contributed by atoms with Crippen molar-refractivity contribution in [3.05, 3.63) is 17.1 Å². The molecule has 138 valence electrons. The van der Waals surface area contributed by atoms with Gasteiger partial charge in [0.05, 0.1) is 6.54 Å². The predicted octanol–water partition coefficient (Wildman–Crippen LogP) is 0.181. The number of anilines is 1. The zero-order valence-electron chi connectivity index (χ0n) is 15.7. The lowest BCUT2D eigenvalue weighted by Crippen LogP contribution is -2.39. The fraction of sp³-hybridized carbons (Fsp3) is 0.647. The lowest BCUT2D eigenvalue weighted by Gasteiger charge is -2.24. The maximum atomic E-state index is 12.7. The third-order valence-electron chi connectivity index (χ3n) is 4.76. The average Bonchev–Trinajstić information content (AvgIpc) is 3.04. The monoisotopic (exact) mass is 348 g/mol. The van der Waals surface area contributed by atoms with E-state index in [0.29, 0.717) is 12.6 Å². The number of rotatable bonds is 6. The largest absolute Gasteiger partial charge is 0.368 e. The molecule has 1 aromatic heterocycles. The Balaban J connectivity index is 2.31. The van der Waals surface area contributed by atoms with E-state index in [2.05, 4.69) is 33.9 Å². The Hall–Kier alpha value is -2.22. The molecule has 25 heavy (non-hydrogen) atoms. The van der Waals surface area contributed by atoms with E-state index in [1.54, 1.807) is 6.92 Å². The normalized spacial score (nSPS) is 17.2. The van der Waals surface area contributed by atoms with E-state index in [1.165, 1.54) is 4.90 Å². The highest BCUT2D eigenvalue weighted by Crippen LogP contribution is 2.25. The van der Waals surface area contributed by atoms with Crippen LogP contribution in [-0.2, 0) is 4.79 Å². The molecule has 0 aromatic carbocycles. The third kappa shape index (κ3) is 4.25. The summed E-state index contributed by atoms with van der Waals surface area (Å²) >= 11 is 0. The van der Waals surface area contributed by atoms with E-state index >= 15 is 0 Å². The van der Waals surface area contributed by atoms with Crippen LogP contribution in [-0.4, -0.2) is 77.9 Å². The number of primary amides is 1. The van der Waals surface area contributed by atoms with E-state index in [4.69, 9.17) is 5.73 Å². The number of likely N-dealkylation sites (N-methyl/N-ethyl adjacent to an activating group) is 2. The van der Waals surface area contributed by atoms with Crippen LogP contribution in [0.25, 0.3) is 0 Å². The van der Waals surface area contributed by atoms with Crippen LogP contribution in [0.1, 0.15) is 35.2 Å². The molecule has 2 heterocycles. The van der Waals surface area contributed by atoms with Crippen LogP contribution in [0.15, 0.2) is 0 Å². The highest BCUT2D eigenvalue weighted by molar-refractivity contribution is 5.93. The molecule has 8 heteroatoms. The molecule has 0 unspecified atom stereocenters. The zero-order valence-corrected chi connectivity index (χ0v) is 15.7. The van der Waals surface area contributed by atoms with Gasteiger partial charge < -0.3 is 20.4 Å². The molecule has 2 N–H and O–H groups in total. The van der Waals surface area contributed by atoms with Crippen molar-refractivity contribution in [3.8, 4) is 0 Å². The van der Waals surface area contributed by atoms with E-state index in [-0.39, 0.29) is 18.3 Å². The molecule has 0 spiro atoms. The van der Waals surface area contributed by atoms with Crippen LogP contribution in [0.2, 0.25) is 0 Å². The third-order valence-corrected chi connectivity index (χ3v) is 4.76. The summed E-state index contributed by atoms with van der Waals surface area (Å²) in [5.74, 6) is 0.00598. The maximum absolute atomic E-state index is 12.7. The van der Waals surface area contributed by atoms with Crippen LogP contribution in [0, 0.1) is 13.8 Å². The second-order valence-corrected chi connectivity index (χ2v) is 6.72. The standard InChI is InChI=1S/C17H28N6O2/c1-6-22(10-14(18)24)17(25)15-19-12(3)11(2)16(20-15)23-8-7-13(9-23)21(4)5/h13H,6-10H2,1-5H3,(H2,18,24)/t13-/m1/s1. The first-order valence-electron chi connectivity index (χ1n) is 8.58. The Morgan fingerprint density at radius 1 is 1.28 bits per heavy atom. The molecule has 0 saturated carbocycles. The summed E-state index contributed by atoms with van der Waals surface area (Å²) in [6, 6.07) is 0.468. The molecule has 1 fully saturated rings. The number of nitrogens with two attached hydrogens (primary N) is 1. The van der Waals surface area contributed by atoms with Gasteiger partial charge in [0.15, 0.2) is 0 Å². The topological polar surface area (TPSA) is 95.7 Å². The van der Waals surface area contributed by atoms with Crippen molar-refractivity contribution in [2.24, 2.45) is 5.73 Å². The molecular weight excluding hydrogens is 320 g/mol. The molecule has 2 rings (SSSR count). The summed E-state index contributed by atoms with van der Waals surface area (Å²) in [5.41, 5.74) is 6.98. The predicted molar refractivity (Wildman–Crippen MR) is 96.6 cm³/mol. The van der Waals surface area contributed by atoms with Crippen molar-refractivity contribution in [2.75, 3.05) is 45.2 Å². The van der Waals surface area contributed by atoms with Gasteiger partial charge in [-0.25, -0.2) is 9.97 Å². The van der Waals surface area contributed by atoms with Gasteiger partial charge in [-0.05, 0) is 41.3 Å². The van der Waals surface area contributed by atoms with Gasteiger partial charge in [0.2, 0.25) is 11.7 Å². The van der Waals surface area contributed by atoms with Gasteiger partial charge in [0.25, 0.3) is 5.91 Å². The molecule has 1 aliphatic heterocycles. The highest BCUT2D eigenvalue weighted by Gasteiger charge is 2.28. The van der Waals surface area contributed by atoms with Crippen molar-refractivity contribution in [3.63, 3.8) is 0 Å². The minimum Gasteiger partial charge on any atom is -0.368 e. The first-order chi connectivity index (χ1) is 11.7. The SMILES string of the molecule is CCN(CC(N)=O)C(=O)c1nc(C)c(C)c(N2CC[C@@H](N(C)C)C2)n1. The quantitative estimate of drug-likeness (QED) is 0.788. The number of hydrogen-bond acceptors (Lipinski definition) is 6. The fourth-order valence-electron chi connectivity index (χ4n) is 3.03. The molecular formula is C17H28N6O2. The Morgan fingerprint density at radius 3 is 2.48 bits per heavy atom. The van der Waals surface area contributed by atoms with E-state index in [0.717, 1.165) is 36.6 Å². The Morgan fingerprint density at radius 2 is 1.96 bits per heavy atom. The van der Waals surface area contributed by atoms with Crippen LogP contribution in [0.3, 0.4) is 0 Å². The second kappa shape index (κ2) is 7.77. The van der Waals surface area contributed by atoms with Gasteiger partial charge >= 0.3 is 0 Å². The highest BCUT2D eigenvalue weighted by atomic mass is 16.2. The molecule has 0 aliphatic carbocycles. The minimum absolute atomic E-state index is 0.120. The van der Waals surface area contributed by atoms with Crippen LogP contribution in [0.5, 0.6) is 0 Å². The molecule has 1 saturated heterocycles. The van der Waals surface area contributed by atoms with Crippen LogP contribution >= 0.6 is 0 Å². The van der Waals surface area contributed by atoms with E-state index < -0.39 is 5.91 Å². The summed E-state index contributed by atoms with van der Waals surface area (Å²) in [6.07, 6.45) is 1.06. The van der Waals surface area contributed by atoms with Gasteiger partial charge in [-0.15, -0.1) is 0 Å². The molecule has 8 nitrogen and oxygen atoms in total. The summed E-state index contributed by atoms with van der Waals surface area (Å²) in [7, 11) is 4.15. The average molecular weight is 348 g/mol. The van der Waals surface area contributed by atoms with E-state index in [1.807, 2.05) is 13.8 Å². The van der Waals surface area contributed by atoms with Crippen molar-refractivity contribution < 1.29 is 9.59 Å². The Bertz CT molecular complexity index is 661. The van der Waals surface area contributed by atoms with Gasteiger partial charge in [-0.2, -0.15) is 0 Å². The lowest BCUT2D eigenvalue weighted by molar-refractivity contribution is -0.118. The number of carbonyl (C=O) groups excluding carboxylic acids is 2. The molecule has 0 radical (unpaired) electrons. The molecule has 1 atom stereocenters. The van der Waals surface area contributed by atoms with Gasteiger partial charge in [0.1, 0.15) is 5.82 Å². The lowest BCUT2D eigenvalue weighted by atomic mass is 10.2. The van der Waals surface area contributed by atoms with Gasteiger partial charge in [-0.3, -0.25) is 9.59 Å². The smallest absolute Gasteiger partial charge is 0.292 e. The first-order valence-corrected chi connectivity index (χ1v) is 8.58. The number of hydrogen-bond donors (Lipinski definition) is 1. The van der Waals surface area contributed by atoms with Crippen LogP contribution < -0.4 is 10.6 Å². The Kier molecular flexibility index (Phi) is 5.94. The van der Waals surface area contributed by atoms with Gasteiger partial charge in [0, 0.05) is 36.9 Å². The van der Waals surface area contributed by atoms with Crippen molar-refractivity contribution in [1.82, 2.24) is 19.8 Å². The zero-order chi connectivity index (χ0) is 18.7. The van der Waals surface area contributed by atoms with Crippen molar-refractivity contribution >= 4 is 17.6 Å². The van der Waals surface area contributed by atoms with Crippen molar-refractivity contribution in [1.29, 1.82) is 0 Å². The summed E-state index contributed by atoms with van der Waals surface area (Å²) in [5, 5.41) is 0. The fourth-order valence-corrected chi connectivity index (χ4v) is 3.03. The summed E-state index contributed by atoms with van der Waals surface area (Å²) in [4.78, 5) is 38.5. The second-order valence-electron chi connectivity index (χ2n) is 6.72. The van der Waals surface area contributed by atoms with E-state index in [9.17, 15) is 9.59 Å². The molecule has 0 bridgehead atoms. The summed E-state index contributed by atoms with van der Waals surface area (Å²) < 4.78 is 0. The van der Waals surface area contributed by atoms with Crippen LogP contribution in [0.4, 0.5) is 5.82 Å². The first kappa shape index (κ1) is 19.1. The number of nitrogens with zero attached hydrogens (tertiary/aromatic N) is 5. The summed E-state index contributed by atoms with van der Waals surface area (Å²) in [6.45, 7) is 7.66. The number of carbonyl (C=O) groups is 2. The van der Waals surface area contributed by atoms with Gasteiger partial charge in [-0.1, -0.05) is 0 Å². The number of aromatic nitrogens is 2. The molecule has 1 aliphatic rings. The number of amides is 2. The minimum atomic E-state index is -0.548. The number of aryl methyl sites for hydroxylation is 1. The maximum Gasteiger partial charge on any atom is 0.292 e. The van der Waals surface area contributed by atoms with Crippen molar-refractivity contribution in [2.45, 2.75) is 33.2 Å². The Labute approximate surface area is 149 Å². The molecule has 1 aromatic rings.